The summed E-state index contributed by atoms with van der Waals surface area (Å²) in [6.45, 7) is -0.407. The van der Waals surface area contributed by atoms with Crippen LogP contribution in [0.5, 0.6) is 0 Å². The summed E-state index contributed by atoms with van der Waals surface area (Å²) in [5, 5.41) is 45.5. The molecule has 0 saturated heterocycles. The number of quaternary nitrogens is 1. The lowest BCUT2D eigenvalue weighted by Crippen LogP contribution is -3.07. The Labute approximate surface area is 83.0 Å². The van der Waals surface area contributed by atoms with E-state index in [-0.39, 0.29) is 6.54 Å². The molecule has 4 unspecified atom stereocenters. The van der Waals surface area contributed by atoms with Gasteiger partial charge in [-0.05, 0) is 0 Å². The zero-order valence-corrected chi connectivity index (χ0v) is 8.46. The van der Waals surface area contributed by atoms with E-state index in [0.29, 0.717) is 0 Å². The molecule has 0 aliphatic rings. The second-order valence-electron chi connectivity index (χ2n) is 3.71. The quantitative estimate of drug-likeness (QED) is 0.265. The first-order valence-electron chi connectivity index (χ1n) is 4.52. The van der Waals surface area contributed by atoms with Gasteiger partial charge in [0.15, 0.2) is 0 Å². The Morgan fingerprint density at radius 2 is 1.36 bits per heavy atom. The first-order valence-corrected chi connectivity index (χ1v) is 4.52. The Balaban J connectivity index is 4.09. The molecule has 0 bridgehead atoms. The maximum Gasteiger partial charge on any atom is 0.131 e. The highest BCUT2D eigenvalue weighted by Crippen LogP contribution is 2.03. The summed E-state index contributed by atoms with van der Waals surface area (Å²) in [7, 11) is 3.57. The SMILES string of the molecule is C[NH+](C)CC(O)C(O)C(O)C(O)CO. The van der Waals surface area contributed by atoms with Gasteiger partial charge in [0.05, 0.1) is 20.7 Å². The number of hydrogen-bond donors (Lipinski definition) is 6. The number of aliphatic hydroxyl groups excluding tert-OH is 5. The van der Waals surface area contributed by atoms with Crippen molar-refractivity contribution in [1.29, 1.82) is 0 Å². The third-order valence-electron chi connectivity index (χ3n) is 1.94. The van der Waals surface area contributed by atoms with E-state index < -0.39 is 31.0 Å². The van der Waals surface area contributed by atoms with E-state index in [1.807, 2.05) is 0 Å². The fraction of sp³-hybridized carbons (Fsp3) is 1.00. The molecule has 6 heteroatoms. The Kier molecular flexibility index (Phi) is 6.17. The summed E-state index contributed by atoms with van der Waals surface area (Å²) in [5.74, 6) is 0. The highest BCUT2D eigenvalue weighted by atomic mass is 16.4. The molecule has 0 spiro atoms. The minimum Gasteiger partial charge on any atom is -0.394 e. The zero-order chi connectivity index (χ0) is 11.3. The molecule has 0 amide bonds. The van der Waals surface area contributed by atoms with E-state index in [1.54, 1.807) is 14.1 Å². The summed E-state index contributed by atoms with van der Waals surface area (Å²) in [4.78, 5) is 0.905. The normalized spacial score (nSPS) is 20.6. The molecule has 0 aliphatic carbocycles. The molecule has 14 heavy (non-hydrogen) atoms. The molecule has 0 aliphatic heterocycles. The lowest BCUT2D eigenvalue weighted by molar-refractivity contribution is -0.862. The van der Waals surface area contributed by atoms with Crippen LogP contribution >= 0.6 is 0 Å². The van der Waals surface area contributed by atoms with Crippen molar-refractivity contribution in [2.45, 2.75) is 24.4 Å². The molecular formula is C8H20NO5+. The van der Waals surface area contributed by atoms with Crippen LogP contribution in [0, 0.1) is 0 Å². The number of nitrogens with one attached hydrogen (secondary N) is 1. The van der Waals surface area contributed by atoms with Gasteiger partial charge in [-0.1, -0.05) is 0 Å². The minimum atomic E-state index is -1.53. The van der Waals surface area contributed by atoms with Crippen molar-refractivity contribution in [3.05, 3.63) is 0 Å². The van der Waals surface area contributed by atoms with E-state index in [0.717, 1.165) is 4.90 Å². The average Bonchev–Trinajstić information content (AvgIpc) is 2.13. The van der Waals surface area contributed by atoms with Crippen molar-refractivity contribution in [2.75, 3.05) is 27.2 Å². The van der Waals surface area contributed by atoms with Gasteiger partial charge in [0.2, 0.25) is 0 Å². The molecule has 0 rings (SSSR count). The summed E-state index contributed by atoms with van der Waals surface area (Å²) in [6, 6.07) is 0. The van der Waals surface area contributed by atoms with Gasteiger partial charge in [0.25, 0.3) is 0 Å². The number of rotatable bonds is 6. The predicted octanol–water partition coefficient (Wildman–Crippen LogP) is -4.43. The van der Waals surface area contributed by atoms with Crippen LogP contribution in [0.3, 0.4) is 0 Å². The molecule has 0 radical (unpaired) electrons. The van der Waals surface area contributed by atoms with Gasteiger partial charge in [-0.3, -0.25) is 0 Å². The monoisotopic (exact) mass is 210 g/mol. The van der Waals surface area contributed by atoms with Crippen LogP contribution in [-0.2, 0) is 0 Å². The van der Waals surface area contributed by atoms with Crippen LogP contribution in [0.2, 0.25) is 0 Å². The fourth-order valence-corrected chi connectivity index (χ4v) is 1.10. The smallest absolute Gasteiger partial charge is 0.131 e. The van der Waals surface area contributed by atoms with Gasteiger partial charge in [-0.2, -0.15) is 0 Å². The highest BCUT2D eigenvalue weighted by molar-refractivity contribution is 4.79. The lowest BCUT2D eigenvalue weighted by Gasteiger charge is -2.25. The van der Waals surface area contributed by atoms with Gasteiger partial charge in [0, 0.05) is 0 Å². The molecule has 4 atom stereocenters. The van der Waals surface area contributed by atoms with Crippen molar-refractivity contribution in [2.24, 2.45) is 0 Å². The molecule has 6 N–H and O–H groups in total. The summed E-state index contributed by atoms with van der Waals surface area (Å²) in [5.41, 5.74) is 0. The number of aliphatic hydroxyl groups is 5. The van der Waals surface area contributed by atoms with Gasteiger partial charge in [0.1, 0.15) is 31.0 Å². The molecule has 0 aromatic carbocycles. The van der Waals surface area contributed by atoms with Crippen LogP contribution < -0.4 is 4.90 Å². The standard InChI is InChI=1S/C8H19NO5/c1-9(2)3-5(11)7(13)8(14)6(12)4-10/h5-8,10-14H,3-4H2,1-2H3/p+1. The molecular weight excluding hydrogens is 190 g/mol. The lowest BCUT2D eigenvalue weighted by atomic mass is 10.0. The van der Waals surface area contributed by atoms with E-state index >= 15 is 0 Å². The zero-order valence-electron chi connectivity index (χ0n) is 8.46. The first kappa shape index (κ1) is 13.8. The van der Waals surface area contributed by atoms with Crippen LogP contribution in [0.4, 0.5) is 0 Å². The number of hydrogen-bond acceptors (Lipinski definition) is 5. The summed E-state index contributed by atoms with van der Waals surface area (Å²) in [6.07, 6.45) is -5.55. The predicted molar refractivity (Wildman–Crippen MR) is 48.8 cm³/mol. The van der Waals surface area contributed by atoms with Gasteiger partial charge < -0.3 is 30.4 Å². The van der Waals surface area contributed by atoms with Gasteiger partial charge >= 0.3 is 0 Å². The Hall–Kier alpha value is -0.240. The van der Waals surface area contributed by atoms with E-state index in [1.165, 1.54) is 0 Å². The van der Waals surface area contributed by atoms with Crippen molar-refractivity contribution < 1.29 is 30.4 Å². The molecule has 0 heterocycles. The molecule has 6 nitrogen and oxygen atoms in total. The largest absolute Gasteiger partial charge is 0.394 e. The van der Waals surface area contributed by atoms with Gasteiger partial charge in [-0.15, -0.1) is 0 Å². The van der Waals surface area contributed by atoms with Crippen LogP contribution in [0.25, 0.3) is 0 Å². The van der Waals surface area contributed by atoms with Crippen molar-refractivity contribution >= 4 is 0 Å². The van der Waals surface area contributed by atoms with Gasteiger partial charge in [-0.25, -0.2) is 0 Å². The summed E-state index contributed by atoms with van der Waals surface area (Å²) < 4.78 is 0. The van der Waals surface area contributed by atoms with Crippen molar-refractivity contribution in [3.63, 3.8) is 0 Å². The maximum absolute atomic E-state index is 9.38. The third kappa shape index (κ3) is 4.32. The first-order chi connectivity index (χ1) is 6.40. The van der Waals surface area contributed by atoms with Crippen LogP contribution in [-0.4, -0.2) is 77.2 Å². The maximum atomic E-state index is 9.38. The van der Waals surface area contributed by atoms with E-state index in [2.05, 4.69) is 0 Å². The fourth-order valence-electron chi connectivity index (χ4n) is 1.10. The highest BCUT2D eigenvalue weighted by Gasteiger charge is 2.31. The second kappa shape index (κ2) is 6.28. The van der Waals surface area contributed by atoms with E-state index in [9.17, 15) is 15.3 Å². The minimum absolute atomic E-state index is 0.246. The third-order valence-corrected chi connectivity index (χ3v) is 1.94. The summed E-state index contributed by atoms with van der Waals surface area (Å²) >= 11 is 0. The second-order valence-corrected chi connectivity index (χ2v) is 3.71. The van der Waals surface area contributed by atoms with Crippen molar-refractivity contribution in [3.8, 4) is 0 Å². The van der Waals surface area contributed by atoms with E-state index in [4.69, 9.17) is 10.2 Å². The Morgan fingerprint density at radius 1 is 0.929 bits per heavy atom. The van der Waals surface area contributed by atoms with Crippen molar-refractivity contribution in [1.82, 2.24) is 0 Å². The molecule has 0 saturated carbocycles. The Morgan fingerprint density at radius 3 is 1.71 bits per heavy atom. The molecule has 0 aromatic rings. The average molecular weight is 210 g/mol. The molecule has 0 fully saturated rings. The molecule has 86 valence electrons. The molecule has 0 aromatic heterocycles. The topological polar surface area (TPSA) is 106 Å². The van der Waals surface area contributed by atoms with Crippen LogP contribution in [0.15, 0.2) is 0 Å². The Bertz CT molecular complexity index is 155. The van der Waals surface area contributed by atoms with Crippen LogP contribution in [0.1, 0.15) is 0 Å². The number of likely N-dealkylation sites (N-methyl/N-ethyl adjacent to an activating group) is 1.